The Morgan fingerprint density at radius 3 is 1.74 bits per heavy atom. The van der Waals surface area contributed by atoms with Crippen LogP contribution in [-0.2, 0) is 4.43 Å². The van der Waals surface area contributed by atoms with Crippen molar-refractivity contribution in [2.24, 2.45) is 5.92 Å². The third kappa shape index (κ3) is 4.52. The van der Waals surface area contributed by atoms with Gasteiger partial charge in [-0.3, -0.25) is 0 Å². The average Bonchev–Trinajstić information content (AvgIpc) is 2.68. The molecule has 0 aromatic heterocycles. The molecule has 1 aliphatic rings. The summed E-state index contributed by atoms with van der Waals surface area (Å²) < 4.78 is 7.27. The van der Waals surface area contributed by atoms with Gasteiger partial charge in [0, 0.05) is 6.10 Å². The maximum absolute atomic E-state index is 7.27. The van der Waals surface area contributed by atoms with Gasteiger partial charge in [0.1, 0.15) is 0 Å². The zero-order chi connectivity index (χ0) is 19.3. The van der Waals surface area contributed by atoms with Crippen LogP contribution in [0.25, 0.3) is 0 Å². The highest BCUT2D eigenvalue weighted by molar-refractivity contribution is 7.98. The fraction of sp³-hybridized carbons (Fsp3) is 0.500. The molecule has 0 spiro atoms. The molecular weight excluding hydrogens is 364 g/mol. The number of rotatable bonds is 6. The lowest BCUT2D eigenvalue weighted by Crippen LogP contribution is -2.67. The summed E-state index contributed by atoms with van der Waals surface area (Å²) in [5, 5.41) is 2.87. The largest absolute Gasteiger partial charge is 0.404 e. The predicted octanol–water partition coefficient (Wildman–Crippen LogP) is 5.48. The highest BCUT2D eigenvalue weighted by Gasteiger charge is 2.51. The molecule has 3 rings (SSSR count). The second-order valence-corrected chi connectivity index (χ2v) is 14.0. The normalized spacial score (nSPS) is 21.2. The van der Waals surface area contributed by atoms with Crippen LogP contribution in [0.3, 0.4) is 0 Å². The molecule has 1 fully saturated rings. The van der Waals surface area contributed by atoms with E-state index < -0.39 is 8.32 Å². The van der Waals surface area contributed by atoms with Gasteiger partial charge < -0.3 is 4.43 Å². The van der Waals surface area contributed by atoms with Gasteiger partial charge in [0.05, 0.1) is 0 Å². The van der Waals surface area contributed by atoms with E-state index in [0.717, 1.165) is 5.92 Å². The van der Waals surface area contributed by atoms with Crippen LogP contribution >= 0.6 is 11.8 Å². The lowest BCUT2D eigenvalue weighted by atomic mass is 9.89. The van der Waals surface area contributed by atoms with Crippen molar-refractivity contribution in [2.45, 2.75) is 57.6 Å². The Morgan fingerprint density at radius 1 is 0.852 bits per heavy atom. The highest BCUT2D eigenvalue weighted by atomic mass is 32.2. The molecule has 0 atom stereocenters. The molecular formula is C24H34OSSi. The van der Waals surface area contributed by atoms with Gasteiger partial charge in [-0.15, -0.1) is 0 Å². The molecule has 146 valence electrons. The Kier molecular flexibility index (Phi) is 6.88. The zero-order valence-corrected chi connectivity index (χ0v) is 19.1. The van der Waals surface area contributed by atoms with Gasteiger partial charge in [0.2, 0.25) is 0 Å². The Hall–Kier alpha value is -1.03. The fourth-order valence-corrected chi connectivity index (χ4v) is 10.1. The number of thioether (sulfide) groups is 1. The molecule has 1 saturated carbocycles. The molecule has 0 radical (unpaired) electrons. The van der Waals surface area contributed by atoms with Crippen molar-refractivity contribution in [3.63, 3.8) is 0 Å². The van der Waals surface area contributed by atoms with E-state index in [1.54, 1.807) is 0 Å². The first-order valence-electron chi connectivity index (χ1n) is 10.2. The smallest absolute Gasteiger partial charge is 0.261 e. The monoisotopic (exact) mass is 398 g/mol. The van der Waals surface area contributed by atoms with Gasteiger partial charge in [-0.05, 0) is 59.0 Å². The average molecular weight is 399 g/mol. The summed E-state index contributed by atoms with van der Waals surface area (Å²) in [6.45, 7) is 7.12. The lowest BCUT2D eigenvalue weighted by Gasteiger charge is -2.46. The van der Waals surface area contributed by atoms with E-state index >= 15 is 0 Å². The molecule has 0 N–H and O–H groups in total. The molecule has 0 bridgehead atoms. The van der Waals surface area contributed by atoms with Gasteiger partial charge in [-0.25, -0.2) is 0 Å². The van der Waals surface area contributed by atoms with Crippen LogP contribution in [0.4, 0.5) is 0 Å². The number of benzene rings is 2. The molecule has 1 aliphatic carbocycles. The first-order chi connectivity index (χ1) is 13.0. The predicted molar refractivity (Wildman–Crippen MR) is 123 cm³/mol. The van der Waals surface area contributed by atoms with Gasteiger partial charge in [0.25, 0.3) is 8.32 Å². The molecule has 3 heteroatoms. The van der Waals surface area contributed by atoms with Gasteiger partial charge in [-0.2, -0.15) is 11.8 Å². The van der Waals surface area contributed by atoms with Crippen molar-refractivity contribution in [1.29, 1.82) is 0 Å². The maximum atomic E-state index is 7.27. The van der Waals surface area contributed by atoms with Crippen LogP contribution in [0.2, 0.25) is 5.04 Å². The quantitative estimate of drug-likeness (QED) is 0.596. The van der Waals surface area contributed by atoms with E-state index in [9.17, 15) is 0 Å². The Morgan fingerprint density at radius 2 is 1.33 bits per heavy atom. The van der Waals surface area contributed by atoms with E-state index in [1.165, 1.54) is 41.8 Å². The van der Waals surface area contributed by atoms with Crippen molar-refractivity contribution in [3.8, 4) is 0 Å². The van der Waals surface area contributed by atoms with Crippen LogP contribution < -0.4 is 10.4 Å². The molecule has 27 heavy (non-hydrogen) atoms. The summed E-state index contributed by atoms with van der Waals surface area (Å²) in [5.74, 6) is 2.17. The van der Waals surface area contributed by atoms with Gasteiger partial charge in [-0.1, -0.05) is 81.4 Å². The van der Waals surface area contributed by atoms with Crippen molar-refractivity contribution in [1.82, 2.24) is 0 Å². The fourth-order valence-electron chi connectivity index (χ4n) is 4.59. The molecule has 2 aromatic rings. The maximum Gasteiger partial charge on any atom is 0.261 e. The van der Waals surface area contributed by atoms with Crippen molar-refractivity contribution in [2.75, 3.05) is 12.0 Å². The molecule has 0 heterocycles. The van der Waals surface area contributed by atoms with Crippen molar-refractivity contribution in [3.05, 3.63) is 60.7 Å². The summed E-state index contributed by atoms with van der Waals surface area (Å²) in [4.78, 5) is 0. The minimum Gasteiger partial charge on any atom is -0.404 e. The summed E-state index contributed by atoms with van der Waals surface area (Å²) >= 11 is 1.99. The van der Waals surface area contributed by atoms with Crippen LogP contribution in [0, 0.1) is 5.92 Å². The van der Waals surface area contributed by atoms with E-state index in [4.69, 9.17) is 4.43 Å². The third-order valence-corrected chi connectivity index (χ3v) is 11.9. The lowest BCUT2D eigenvalue weighted by molar-refractivity contribution is 0.126. The van der Waals surface area contributed by atoms with Crippen molar-refractivity contribution >= 4 is 30.5 Å². The molecule has 1 nitrogen and oxygen atoms in total. The first-order valence-corrected chi connectivity index (χ1v) is 13.6. The minimum absolute atomic E-state index is 0.0752. The summed E-state index contributed by atoms with van der Waals surface area (Å²) in [6, 6.07) is 22.1. The Balaban J connectivity index is 1.98. The van der Waals surface area contributed by atoms with Crippen LogP contribution in [0.15, 0.2) is 60.7 Å². The molecule has 0 aliphatic heterocycles. The second-order valence-electron chi connectivity index (χ2n) is 8.88. The van der Waals surface area contributed by atoms with Gasteiger partial charge >= 0.3 is 0 Å². The van der Waals surface area contributed by atoms with Crippen LogP contribution in [0.5, 0.6) is 0 Å². The van der Waals surface area contributed by atoms with Gasteiger partial charge in [0.15, 0.2) is 0 Å². The first kappa shape index (κ1) is 20.7. The Bertz CT molecular complexity index is 648. The molecule has 0 saturated heterocycles. The summed E-state index contributed by atoms with van der Waals surface area (Å²) in [7, 11) is -2.38. The van der Waals surface area contributed by atoms with E-state index in [0.29, 0.717) is 6.10 Å². The standard InChI is InChI=1S/C24H34OSSi/c1-24(2,3)27(22-11-7-5-8-12-22,23-13-9-6-10-14-23)25-21-17-15-20(16-18-21)19-26-4/h5-14,20-21H,15-19H2,1-4H3/t20-,21+. The minimum atomic E-state index is -2.38. The SMILES string of the molecule is CSC[C@H]1CC[C@@H](O[Si](c2ccccc2)(c2ccccc2)C(C)(C)C)CC1. The highest BCUT2D eigenvalue weighted by Crippen LogP contribution is 2.40. The van der Waals surface area contributed by atoms with Crippen molar-refractivity contribution < 1.29 is 4.43 Å². The number of hydrogen-bond donors (Lipinski definition) is 0. The van der Waals surface area contributed by atoms with E-state index in [2.05, 4.69) is 87.7 Å². The van der Waals surface area contributed by atoms with Crippen LogP contribution in [-0.4, -0.2) is 26.4 Å². The topological polar surface area (TPSA) is 9.23 Å². The number of hydrogen-bond acceptors (Lipinski definition) is 2. The third-order valence-electron chi connectivity index (χ3n) is 5.96. The van der Waals surface area contributed by atoms with E-state index in [-0.39, 0.29) is 5.04 Å². The molecule has 2 aromatic carbocycles. The van der Waals surface area contributed by atoms with E-state index in [1.807, 2.05) is 11.8 Å². The van der Waals surface area contributed by atoms with Crippen LogP contribution in [0.1, 0.15) is 46.5 Å². The second kappa shape index (κ2) is 8.98. The molecule has 0 amide bonds. The Labute approximate surface area is 171 Å². The summed E-state index contributed by atoms with van der Waals surface area (Å²) in [5.41, 5.74) is 0. The zero-order valence-electron chi connectivity index (χ0n) is 17.3. The summed E-state index contributed by atoms with van der Waals surface area (Å²) in [6.07, 6.45) is 7.64. The molecule has 0 unspecified atom stereocenters.